The summed E-state index contributed by atoms with van der Waals surface area (Å²) in [6, 6.07) is 0. The molecule has 0 atom stereocenters. The van der Waals surface area contributed by atoms with Crippen LogP contribution in [0.5, 0.6) is 0 Å². The van der Waals surface area contributed by atoms with Crippen LogP contribution in [0.1, 0.15) is 53.9 Å². The summed E-state index contributed by atoms with van der Waals surface area (Å²) >= 11 is 0. The van der Waals surface area contributed by atoms with Crippen molar-refractivity contribution in [3.8, 4) is 0 Å². The Kier molecular flexibility index (Phi) is 21.0. The quantitative estimate of drug-likeness (QED) is 0.0793. The third-order valence-corrected chi connectivity index (χ3v) is 8.57. The maximum atomic E-state index is 11.4. The molecule has 0 saturated carbocycles. The summed E-state index contributed by atoms with van der Waals surface area (Å²) < 4.78 is 40.0. The van der Waals surface area contributed by atoms with Crippen molar-refractivity contribution in [3.63, 3.8) is 0 Å². The van der Waals surface area contributed by atoms with Crippen molar-refractivity contribution in [2.24, 2.45) is 16.2 Å². The van der Waals surface area contributed by atoms with E-state index in [1.807, 2.05) is 20.8 Å². The second kappa shape index (κ2) is 24.0. The van der Waals surface area contributed by atoms with E-state index in [1.54, 1.807) is 6.92 Å². The van der Waals surface area contributed by atoms with Crippen LogP contribution in [0.3, 0.4) is 0 Å². The number of carbonyl (C=O) groups is 6. The van der Waals surface area contributed by atoms with E-state index in [9.17, 15) is 28.8 Å². The lowest BCUT2D eigenvalue weighted by Crippen LogP contribution is -2.47. The Morgan fingerprint density at radius 2 is 0.981 bits per heavy atom. The van der Waals surface area contributed by atoms with E-state index in [1.165, 1.54) is 6.92 Å². The summed E-state index contributed by atoms with van der Waals surface area (Å²) in [5.74, 6) is -1.49. The summed E-state index contributed by atoms with van der Waals surface area (Å²) in [4.78, 5) is 66.8. The van der Waals surface area contributed by atoms with Gasteiger partial charge in [0, 0.05) is 17.2 Å². The highest BCUT2D eigenvalue weighted by Gasteiger charge is 2.40. The SMILES string of the molecule is C=C(C)C(=O)NC(=O)OCC1(CC)COC1.C=C(C)C(=O)OCCNC(=O)OCC1(CC)COC1.C=CC(=O)OCCNC(=O)OCC1(CC)COC1. The van der Waals surface area contributed by atoms with Crippen molar-refractivity contribution < 1.29 is 66.7 Å². The molecule has 0 aromatic carbocycles. The first-order chi connectivity index (χ1) is 25.1. The molecule has 3 aliphatic heterocycles. The number of ether oxygens (including phenoxy) is 8. The topological polar surface area (TPSA) is 212 Å². The molecule has 3 fully saturated rings. The van der Waals surface area contributed by atoms with Crippen molar-refractivity contribution >= 4 is 36.1 Å². The minimum atomic E-state index is -0.729. The summed E-state index contributed by atoms with van der Waals surface area (Å²) in [5.41, 5.74) is 0.492. The molecule has 17 nitrogen and oxygen atoms in total. The maximum absolute atomic E-state index is 11.4. The van der Waals surface area contributed by atoms with E-state index in [0.717, 1.165) is 25.3 Å². The molecule has 3 heterocycles. The molecular weight excluding hydrogens is 698 g/mol. The van der Waals surface area contributed by atoms with Gasteiger partial charge in [-0.3, -0.25) is 10.1 Å². The van der Waals surface area contributed by atoms with Gasteiger partial charge in [0.25, 0.3) is 5.91 Å². The highest BCUT2D eigenvalue weighted by atomic mass is 16.6. The summed E-state index contributed by atoms with van der Waals surface area (Å²) in [5, 5.41) is 7.09. The molecule has 0 spiro atoms. The zero-order valence-electron chi connectivity index (χ0n) is 31.7. The van der Waals surface area contributed by atoms with Gasteiger partial charge in [-0.2, -0.15) is 0 Å². The van der Waals surface area contributed by atoms with Gasteiger partial charge in [0.05, 0.1) is 69.0 Å². The van der Waals surface area contributed by atoms with Crippen LogP contribution in [0.2, 0.25) is 0 Å². The van der Waals surface area contributed by atoms with Gasteiger partial charge in [-0.1, -0.05) is 40.5 Å². The Hall–Kier alpha value is -4.48. The smallest absolute Gasteiger partial charge is 0.414 e. The van der Waals surface area contributed by atoms with E-state index in [2.05, 4.69) is 35.7 Å². The molecule has 3 saturated heterocycles. The number of nitrogens with one attached hydrogen (secondary N) is 3. The third-order valence-electron chi connectivity index (χ3n) is 8.57. The lowest BCUT2D eigenvalue weighted by Gasteiger charge is -2.39. The summed E-state index contributed by atoms with van der Waals surface area (Å²) in [6.45, 7) is 24.7. The van der Waals surface area contributed by atoms with Crippen LogP contribution in [-0.4, -0.2) is 122 Å². The monoisotopic (exact) mass is 755 g/mol. The number of esters is 2. The van der Waals surface area contributed by atoms with E-state index >= 15 is 0 Å². The van der Waals surface area contributed by atoms with E-state index < -0.39 is 36.1 Å². The molecule has 0 unspecified atom stereocenters. The molecule has 53 heavy (non-hydrogen) atoms. The molecular formula is C36H57N3O14. The van der Waals surface area contributed by atoms with Crippen molar-refractivity contribution in [3.05, 3.63) is 37.0 Å². The number of amides is 4. The molecule has 0 aliphatic carbocycles. The van der Waals surface area contributed by atoms with Gasteiger partial charge in [-0.15, -0.1) is 0 Å². The fraction of sp³-hybridized carbons (Fsp3) is 0.667. The molecule has 17 heteroatoms. The number of imide groups is 1. The molecule has 3 aliphatic rings. The number of carbonyl (C=O) groups excluding carboxylic acids is 6. The lowest BCUT2D eigenvalue weighted by molar-refractivity contribution is -0.140. The number of hydrogen-bond acceptors (Lipinski definition) is 14. The van der Waals surface area contributed by atoms with Gasteiger partial charge in [0.1, 0.15) is 33.0 Å². The minimum absolute atomic E-state index is 0.0212. The Balaban J connectivity index is 0.000000399. The van der Waals surface area contributed by atoms with Crippen LogP contribution in [0.15, 0.2) is 37.0 Å². The van der Waals surface area contributed by atoms with E-state index in [4.69, 9.17) is 37.9 Å². The van der Waals surface area contributed by atoms with Crippen molar-refractivity contribution in [2.75, 3.05) is 85.8 Å². The molecule has 0 radical (unpaired) electrons. The van der Waals surface area contributed by atoms with Crippen LogP contribution in [0.4, 0.5) is 14.4 Å². The summed E-state index contributed by atoms with van der Waals surface area (Å²) in [7, 11) is 0. The minimum Gasteiger partial charge on any atom is -0.461 e. The first-order valence-corrected chi connectivity index (χ1v) is 17.4. The molecule has 0 aromatic rings. The van der Waals surface area contributed by atoms with Gasteiger partial charge in [-0.05, 0) is 33.1 Å². The van der Waals surface area contributed by atoms with E-state index in [-0.39, 0.29) is 54.7 Å². The van der Waals surface area contributed by atoms with E-state index in [0.29, 0.717) is 58.4 Å². The fourth-order valence-electron chi connectivity index (χ4n) is 4.12. The predicted octanol–water partition coefficient (Wildman–Crippen LogP) is 3.37. The normalized spacial score (nSPS) is 16.5. The van der Waals surface area contributed by atoms with Gasteiger partial charge in [0.2, 0.25) is 0 Å². The Labute approximate surface area is 311 Å². The third kappa shape index (κ3) is 17.7. The van der Waals surface area contributed by atoms with Crippen LogP contribution in [-0.2, 0) is 52.3 Å². The molecule has 4 amide bonds. The van der Waals surface area contributed by atoms with Gasteiger partial charge in [0.15, 0.2) is 0 Å². The lowest BCUT2D eigenvalue weighted by atomic mass is 9.84. The highest BCUT2D eigenvalue weighted by molar-refractivity contribution is 6.01. The van der Waals surface area contributed by atoms with Gasteiger partial charge < -0.3 is 48.5 Å². The van der Waals surface area contributed by atoms with Crippen LogP contribution in [0, 0.1) is 16.2 Å². The van der Waals surface area contributed by atoms with Crippen LogP contribution in [0.25, 0.3) is 0 Å². The van der Waals surface area contributed by atoms with Crippen LogP contribution >= 0.6 is 0 Å². The average molecular weight is 756 g/mol. The average Bonchev–Trinajstić information content (AvgIpc) is 3.08. The van der Waals surface area contributed by atoms with Crippen molar-refractivity contribution in [1.29, 1.82) is 0 Å². The summed E-state index contributed by atoms with van der Waals surface area (Å²) in [6.07, 6.45) is 2.03. The number of alkyl carbamates (subject to hydrolysis) is 3. The first-order valence-electron chi connectivity index (χ1n) is 17.4. The van der Waals surface area contributed by atoms with Gasteiger partial charge >= 0.3 is 30.2 Å². The van der Waals surface area contributed by atoms with Crippen molar-refractivity contribution in [2.45, 2.75) is 53.9 Å². The first kappa shape index (κ1) is 46.5. The maximum Gasteiger partial charge on any atom is 0.414 e. The van der Waals surface area contributed by atoms with Gasteiger partial charge in [-0.25, -0.2) is 24.0 Å². The Morgan fingerprint density at radius 1 is 0.604 bits per heavy atom. The van der Waals surface area contributed by atoms with Crippen LogP contribution < -0.4 is 16.0 Å². The zero-order valence-corrected chi connectivity index (χ0v) is 31.7. The molecule has 3 rings (SSSR count). The second-order valence-corrected chi connectivity index (χ2v) is 13.1. The largest absolute Gasteiger partial charge is 0.461 e. The molecule has 3 N–H and O–H groups in total. The number of hydrogen-bond donors (Lipinski definition) is 3. The molecule has 300 valence electrons. The molecule has 0 aromatic heterocycles. The number of rotatable bonds is 18. The standard InChI is InChI=1S/C13H21NO5.C12H19NO5.C11H17NO4/c1-4-13(7-17-8-13)9-19-12(16)14-5-6-18-11(15)10(2)3;1-3-10(14)17-6-5-13-11(15)18-9-12(4-2)7-16-8-12;1-4-11(5-15-6-11)7-16-10(14)12-9(13)8(2)3/h2,4-9H2,1,3H3,(H,14,16);3H,1,4-9H2,2H3,(H,13,15);2,4-7H2,1,3H3,(H,12,13,14). The zero-order chi connectivity index (χ0) is 39.9. The highest BCUT2D eigenvalue weighted by Crippen LogP contribution is 2.32. The Morgan fingerprint density at radius 3 is 1.28 bits per heavy atom. The second-order valence-electron chi connectivity index (χ2n) is 13.1. The Bertz CT molecular complexity index is 1260. The molecule has 0 bridgehead atoms. The predicted molar refractivity (Wildman–Crippen MR) is 191 cm³/mol. The van der Waals surface area contributed by atoms with Crippen molar-refractivity contribution in [1.82, 2.24) is 16.0 Å². The fourth-order valence-corrected chi connectivity index (χ4v) is 4.12.